The molecule has 20 heavy (non-hydrogen) atoms. The maximum absolute atomic E-state index is 14.0. The quantitative estimate of drug-likeness (QED) is 0.837. The Bertz CT molecular complexity index is 586. The van der Waals surface area contributed by atoms with Crippen LogP contribution in [0.15, 0.2) is 47.4 Å². The van der Waals surface area contributed by atoms with Gasteiger partial charge in [0, 0.05) is 16.5 Å². The minimum Gasteiger partial charge on any atom is -0.456 e. The predicted molar refractivity (Wildman–Crippen MR) is 82.1 cm³/mol. The lowest BCUT2D eigenvalue weighted by Gasteiger charge is -2.15. The fourth-order valence-electron chi connectivity index (χ4n) is 1.98. The molecule has 0 radical (unpaired) electrons. The van der Waals surface area contributed by atoms with Gasteiger partial charge in [0.15, 0.2) is 0 Å². The van der Waals surface area contributed by atoms with Crippen LogP contribution in [0.1, 0.15) is 12.5 Å². The maximum Gasteiger partial charge on any atom is 0.140 e. The van der Waals surface area contributed by atoms with Crippen molar-refractivity contribution >= 4 is 11.8 Å². The molecule has 1 atom stereocenters. The van der Waals surface area contributed by atoms with Crippen molar-refractivity contribution in [3.8, 4) is 11.5 Å². The topological polar surface area (TPSA) is 35.2 Å². The lowest BCUT2D eigenvalue weighted by molar-refractivity contribution is 0.454. The van der Waals surface area contributed by atoms with Crippen molar-refractivity contribution in [2.75, 3.05) is 6.26 Å². The summed E-state index contributed by atoms with van der Waals surface area (Å²) in [5, 5.41) is 0. The van der Waals surface area contributed by atoms with E-state index in [9.17, 15) is 4.39 Å². The van der Waals surface area contributed by atoms with Crippen molar-refractivity contribution in [2.24, 2.45) is 5.73 Å². The van der Waals surface area contributed by atoms with Gasteiger partial charge in [-0.05, 0) is 43.9 Å². The third-order valence-corrected chi connectivity index (χ3v) is 3.67. The van der Waals surface area contributed by atoms with E-state index in [0.717, 1.165) is 10.6 Å². The number of rotatable bonds is 5. The van der Waals surface area contributed by atoms with Crippen molar-refractivity contribution < 1.29 is 9.13 Å². The summed E-state index contributed by atoms with van der Waals surface area (Å²) < 4.78 is 19.9. The van der Waals surface area contributed by atoms with Crippen LogP contribution in [0.4, 0.5) is 4.39 Å². The molecule has 0 aliphatic carbocycles. The SMILES string of the molecule is CSc1ccccc1Oc1cccc(F)c1CC(C)N. The molecular weight excluding hydrogens is 273 g/mol. The number of halogens is 1. The van der Waals surface area contributed by atoms with E-state index in [1.165, 1.54) is 6.07 Å². The number of thioether (sulfide) groups is 1. The lowest BCUT2D eigenvalue weighted by Crippen LogP contribution is -2.19. The highest BCUT2D eigenvalue weighted by atomic mass is 32.2. The maximum atomic E-state index is 14.0. The number of hydrogen-bond acceptors (Lipinski definition) is 3. The first-order valence-corrected chi connectivity index (χ1v) is 7.68. The Kier molecular flexibility index (Phi) is 5.04. The largest absolute Gasteiger partial charge is 0.456 e. The number of hydrogen-bond donors (Lipinski definition) is 1. The van der Waals surface area contributed by atoms with Crippen LogP contribution in [-0.4, -0.2) is 12.3 Å². The van der Waals surface area contributed by atoms with E-state index < -0.39 is 0 Å². The van der Waals surface area contributed by atoms with Gasteiger partial charge >= 0.3 is 0 Å². The van der Waals surface area contributed by atoms with Crippen molar-refractivity contribution in [1.29, 1.82) is 0 Å². The second-order valence-electron chi connectivity index (χ2n) is 4.65. The Morgan fingerprint density at radius 1 is 1.15 bits per heavy atom. The smallest absolute Gasteiger partial charge is 0.140 e. The fourth-order valence-corrected chi connectivity index (χ4v) is 2.50. The zero-order valence-electron chi connectivity index (χ0n) is 11.6. The Labute approximate surface area is 123 Å². The van der Waals surface area contributed by atoms with E-state index in [1.54, 1.807) is 23.9 Å². The molecule has 4 heteroatoms. The molecule has 0 amide bonds. The van der Waals surface area contributed by atoms with Gasteiger partial charge < -0.3 is 10.5 Å². The summed E-state index contributed by atoms with van der Waals surface area (Å²) in [6, 6.07) is 12.5. The molecule has 1 unspecified atom stereocenters. The van der Waals surface area contributed by atoms with Gasteiger partial charge in [0.2, 0.25) is 0 Å². The molecule has 0 saturated carbocycles. The second-order valence-corrected chi connectivity index (χ2v) is 5.50. The molecule has 2 aromatic rings. The molecule has 0 fully saturated rings. The minimum atomic E-state index is -0.276. The lowest BCUT2D eigenvalue weighted by atomic mass is 10.1. The highest BCUT2D eigenvalue weighted by Gasteiger charge is 2.13. The molecule has 2 rings (SSSR count). The molecule has 2 nitrogen and oxygen atoms in total. The standard InChI is InChI=1S/C16H18FNOS/c1-11(18)10-12-13(17)6-5-8-14(12)19-15-7-3-4-9-16(15)20-2/h3-9,11H,10,18H2,1-2H3. The van der Waals surface area contributed by atoms with E-state index in [1.807, 2.05) is 37.4 Å². The molecule has 0 saturated heterocycles. The van der Waals surface area contributed by atoms with Gasteiger partial charge in [0.1, 0.15) is 17.3 Å². The van der Waals surface area contributed by atoms with Gasteiger partial charge in [0.05, 0.1) is 0 Å². The van der Waals surface area contributed by atoms with Crippen molar-refractivity contribution in [3.63, 3.8) is 0 Å². The molecule has 0 bridgehead atoms. The van der Waals surface area contributed by atoms with Gasteiger partial charge in [-0.2, -0.15) is 0 Å². The van der Waals surface area contributed by atoms with Crippen LogP contribution in [0.2, 0.25) is 0 Å². The minimum absolute atomic E-state index is 0.120. The van der Waals surface area contributed by atoms with Crippen molar-refractivity contribution in [2.45, 2.75) is 24.3 Å². The number of para-hydroxylation sites is 1. The van der Waals surface area contributed by atoms with Gasteiger partial charge in [-0.25, -0.2) is 4.39 Å². The molecule has 0 aliphatic rings. The van der Waals surface area contributed by atoms with E-state index in [-0.39, 0.29) is 11.9 Å². The summed E-state index contributed by atoms with van der Waals surface area (Å²) in [6.45, 7) is 1.85. The molecule has 0 heterocycles. The van der Waals surface area contributed by atoms with Gasteiger partial charge in [-0.1, -0.05) is 18.2 Å². The Morgan fingerprint density at radius 2 is 1.85 bits per heavy atom. The number of ether oxygens (including phenoxy) is 1. The first-order chi connectivity index (χ1) is 9.61. The van der Waals surface area contributed by atoms with Crippen LogP contribution in [0.25, 0.3) is 0 Å². The first-order valence-electron chi connectivity index (χ1n) is 6.45. The summed E-state index contributed by atoms with van der Waals surface area (Å²) in [5.41, 5.74) is 6.31. The Hall–Kier alpha value is -1.52. The molecule has 0 aliphatic heterocycles. The predicted octanol–water partition coefficient (Wildman–Crippen LogP) is 4.23. The summed E-state index contributed by atoms with van der Waals surface area (Å²) in [4.78, 5) is 1.02. The molecular formula is C16H18FNOS. The van der Waals surface area contributed by atoms with Gasteiger partial charge in [-0.15, -0.1) is 11.8 Å². The Morgan fingerprint density at radius 3 is 2.55 bits per heavy atom. The molecule has 0 aromatic heterocycles. The molecule has 2 N–H and O–H groups in total. The highest BCUT2D eigenvalue weighted by Crippen LogP contribution is 2.33. The van der Waals surface area contributed by atoms with Crippen LogP contribution < -0.4 is 10.5 Å². The fraction of sp³-hybridized carbons (Fsp3) is 0.250. The van der Waals surface area contributed by atoms with Crippen molar-refractivity contribution in [3.05, 3.63) is 53.8 Å². The van der Waals surface area contributed by atoms with Crippen LogP contribution in [0.3, 0.4) is 0 Å². The molecule has 2 aromatic carbocycles. The van der Waals surface area contributed by atoms with Crippen LogP contribution >= 0.6 is 11.8 Å². The Balaban J connectivity index is 2.35. The van der Waals surface area contributed by atoms with E-state index in [4.69, 9.17) is 10.5 Å². The average Bonchev–Trinajstić information content (AvgIpc) is 2.43. The van der Waals surface area contributed by atoms with Crippen LogP contribution in [-0.2, 0) is 6.42 Å². The van der Waals surface area contributed by atoms with E-state index in [2.05, 4.69) is 0 Å². The monoisotopic (exact) mass is 291 g/mol. The second kappa shape index (κ2) is 6.77. The van der Waals surface area contributed by atoms with E-state index >= 15 is 0 Å². The van der Waals surface area contributed by atoms with E-state index in [0.29, 0.717) is 17.7 Å². The van der Waals surface area contributed by atoms with Crippen LogP contribution in [0, 0.1) is 5.82 Å². The van der Waals surface area contributed by atoms with Crippen LogP contribution in [0.5, 0.6) is 11.5 Å². The summed E-state index contributed by atoms with van der Waals surface area (Å²) in [6.07, 6.45) is 2.43. The summed E-state index contributed by atoms with van der Waals surface area (Å²) in [7, 11) is 0. The normalized spacial score (nSPS) is 12.2. The van der Waals surface area contributed by atoms with Gasteiger partial charge in [0.25, 0.3) is 0 Å². The molecule has 0 spiro atoms. The zero-order valence-corrected chi connectivity index (χ0v) is 12.4. The zero-order chi connectivity index (χ0) is 14.5. The summed E-state index contributed by atoms with van der Waals surface area (Å²) in [5.74, 6) is 0.988. The number of nitrogens with two attached hydrogens (primary N) is 1. The third-order valence-electron chi connectivity index (χ3n) is 2.89. The first kappa shape index (κ1) is 14.9. The number of benzene rings is 2. The molecule has 106 valence electrons. The summed E-state index contributed by atoms with van der Waals surface area (Å²) >= 11 is 1.60. The van der Waals surface area contributed by atoms with Crippen molar-refractivity contribution in [1.82, 2.24) is 0 Å². The highest BCUT2D eigenvalue weighted by molar-refractivity contribution is 7.98. The average molecular weight is 291 g/mol. The third kappa shape index (κ3) is 3.52. The van der Waals surface area contributed by atoms with Gasteiger partial charge in [-0.3, -0.25) is 0 Å².